The van der Waals surface area contributed by atoms with Gasteiger partial charge in [0.25, 0.3) is 0 Å². The topological polar surface area (TPSA) is 38.0 Å². The number of aliphatic hydroxyl groups excluding tert-OH is 1. The maximum Gasteiger partial charge on any atom is 0.0945 e. The van der Waals surface area contributed by atoms with Gasteiger partial charge < -0.3 is 9.67 Å². The van der Waals surface area contributed by atoms with E-state index in [1.54, 1.807) is 6.33 Å². The van der Waals surface area contributed by atoms with Gasteiger partial charge in [-0.2, -0.15) is 0 Å². The summed E-state index contributed by atoms with van der Waals surface area (Å²) in [6.45, 7) is 0. The maximum atomic E-state index is 9.82. The summed E-state index contributed by atoms with van der Waals surface area (Å²) < 4.78 is 2.01. The van der Waals surface area contributed by atoms with Gasteiger partial charge in [-0.3, -0.25) is 0 Å². The molecule has 0 unspecified atom stereocenters. The highest BCUT2D eigenvalue weighted by Crippen LogP contribution is 2.32. The van der Waals surface area contributed by atoms with Crippen LogP contribution in [0, 0.1) is 0 Å². The van der Waals surface area contributed by atoms with Gasteiger partial charge >= 0.3 is 0 Å². The van der Waals surface area contributed by atoms with E-state index < -0.39 is 0 Å². The fourth-order valence-corrected chi connectivity index (χ4v) is 2.18. The summed E-state index contributed by atoms with van der Waals surface area (Å²) in [5.41, 5.74) is 1.17. The van der Waals surface area contributed by atoms with Gasteiger partial charge in [-0.15, -0.1) is 0 Å². The minimum atomic E-state index is -0.163. The van der Waals surface area contributed by atoms with Crippen molar-refractivity contribution in [1.29, 1.82) is 0 Å². The third-order valence-corrected chi connectivity index (χ3v) is 2.96. The number of aromatic nitrogens is 2. The van der Waals surface area contributed by atoms with Gasteiger partial charge in [0, 0.05) is 24.9 Å². The standard InChI is InChI=1S/C10H16N2O/c1-12-7-11-6-9(12)8-4-2-3-5-10(8)13/h6-8,10,13H,2-5H2,1H3/t8-,10+/m0/s1. The average molecular weight is 180 g/mol. The van der Waals surface area contributed by atoms with Crippen molar-refractivity contribution in [1.82, 2.24) is 9.55 Å². The highest BCUT2D eigenvalue weighted by molar-refractivity contribution is 5.09. The zero-order valence-electron chi connectivity index (χ0n) is 7.98. The summed E-state index contributed by atoms with van der Waals surface area (Å²) in [5, 5.41) is 9.82. The first-order valence-electron chi connectivity index (χ1n) is 4.93. The predicted molar refractivity (Wildman–Crippen MR) is 50.4 cm³/mol. The smallest absolute Gasteiger partial charge is 0.0945 e. The summed E-state index contributed by atoms with van der Waals surface area (Å²) >= 11 is 0. The lowest BCUT2D eigenvalue weighted by atomic mass is 9.84. The SMILES string of the molecule is Cn1cncc1[C@@H]1CCCC[C@H]1O. The predicted octanol–water partition coefficient (Wildman–Crippen LogP) is 1.44. The Morgan fingerprint density at radius 2 is 2.23 bits per heavy atom. The van der Waals surface area contributed by atoms with E-state index in [-0.39, 0.29) is 6.10 Å². The molecule has 3 nitrogen and oxygen atoms in total. The molecule has 72 valence electrons. The Bertz CT molecular complexity index is 282. The molecule has 1 heterocycles. The molecule has 1 saturated carbocycles. The van der Waals surface area contributed by atoms with Crippen LogP contribution in [-0.4, -0.2) is 20.8 Å². The molecule has 13 heavy (non-hydrogen) atoms. The molecular weight excluding hydrogens is 164 g/mol. The largest absolute Gasteiger partial charge is 0.392 e. The van der Waals surface area contributed by atoms with E-state index in [9.17, 15) is 5.11 Å². The van der Waals surface area contributed by atoms with E-state index in [0.717, 1.165) is 19.3 Å². The maximum absolute atomic E-state index is 9.82. The lowest BCUT2D eigenvalue weighted by molar-refractivity contribution is 0.103. The molecule has 1 aliphatic carbocycles. The Morgan fingerprint density at radius 1 is 1.46 bits per heavy atom. The van der Waals surface area contributed by atoms with Crippen LogP contribution in [0.5, 0.6) is 0 Å². The first-order chi connectivity index (χ1) is 6.29. The molecule has 1 aliphatic rings. The van der Waals surface area contributed by atoms with Crippen molar-refractivity contribution in [2.45, 2.75) is 37.7 Å². The van der Waals surface area contributed by atoms with Gasteiger partial charge in [0.15, 0.2) is 0 Å². The second kappa shape index (κ2) is 3.50. The highest BCUT2D eigenvalue weighted by Gasteiger charge is 2.26. The summed E-state index contributed by atoms with van der Waals surface area (Å²) in [4.78, 5) is 4.08. The van der Waals surface area contributed by atoms with Crippen LogP contribution in [-0.2, 0) is 7.05 Å². The van der Waals surface area contributed by atoms with E-state index in [1.807, 2.05) is 17.8 Å². The molecule has 2 atom stereocenters. The second-order valence-corrected chi connectivity index (χ2v) is 3.89. The molecule has 1 fully saturated rings. The van der Waals surface area contributed by atoms with Crippen molar-refractivity contribution in [2.24, 2.45) is 7.05 Å². The number of hydrogen-bond acceptors (Lipinski definition) is 2. The number of hydrogen-bond donors (Lipinski definition) is 1. The molecule has 1 aromatic heterocycles. The first-order valence-corrected chi connectivity index (χ1v) is 4.93. The van der Waals surface area contributed by atoms with E-state index in [2.05, 4.69) is 4.98 Å². The first kappa shape index (κ1) is 8.75. The third-order valence-electron chi connectivity index (χ3n) is 2.96. The number of rotatable bonds is 1. The zero-order valence-corrected chi connectivity index (χ0v) is 7.98. The lowest BCUT2D eigenvalue weighted by Crippen LogP contribution is -2.24. The monoisotopic (exact) mass is 180 g/mol. The van der Waals surface area contributed by atoms with Gasteiger partial charge in [-0.1, -0.05) is 12.8 Å². The van der Waals surface area contributed by atoms with Crippen molar-refractivity contribution in [3.8, 4) is 0 Å². The quantitative estimate of drug-likeness (QED) is 0.710. The molecule has 0 radical (unpaired) electrons. The summed E-state index contributed by atoms with van der Waals surface area (Å²) in [7, 11) is 1.99. The van der Waals surface area contributed by atoms with Gasteiger partial charge in [-0.05, 0) is 12.8 Å². The number of aryl methyl sites for hydroxylation is 1. The van der Waals surface area contributed by atoms with Gasteiger partial charge in [0.05, 0.1) is 12.4 Å². The van der Waals surface area contributed by atoms with Crippen LogP contribution in [0.4, 0.5) is 0 Å². The molecule has 1 aromatic rings. The summed E-state index contributed by atoms with van der Waals surface area (Å²) in [6.07, 6.45) is 7.94. The Kier molecular flexibility index (Phi) is 2.36. The Labute approximate surface area is 78.4 Å². The number of aliphatic hydroxyl groups is 1. The molecule has 0 amide bonds. The summed E-state index contributed by atoms with van der Waals surface area (Å²) in [5.74, 6) is 0.307. The fraction of sp³-hybridized carbons (Fsp3) is 0.700. The molecule has 0 saturated heterocycles. The van der Waals surface area contributed by atoms with Crippen molar-refractivity contribution >= 4 is 0 Å². The van der Waals surface area contributed by atoms with E-state index in [1.165, 1.54) is 12.1 Å². The van der Waals surface area contributed by atoms with E-state index in [0.29, 0.717) is 5.92 Å². The molecule has 3 heteroatoms. The van der Waals surface area contributed by atoms with Crippen molar-refractivity contribution in [3.63, 3.8) is 0 Å². The molecule has 0 bridgehead atoms. The number of nitrogens with zero attached hydrogens (tertiary/aromatic N) is 2. The minimum Gasteiger partial charge on any atom is -0.392 e. The van der Waals surface area contributed by atoms with Crippen LogP contribution in [0.2, 0.25) is 0 Å². The molecule has 2 rings (SSSR count). The molecule has 0 spiro atoms. The van der Waals surface area contributed by atoms with Crippen LogP contribution in [0.25, 0.3) is 0 Å². The van der Waals surface area contributed by atoms with Crippen LogP contribution < -0.4 is 0 Å². The van der Waals surface area contributed by atoms with Gasteiger partial charge in [-0.25, -0.2) is 4.98 Å². The third kappa shape index (κ3) is 1.61. The summed E-state index contributed by atoms with van der Waals surface area (Å²) in [6, 6.07) is 0. The van der Waals surface area contributed by atoms with Gasteiger partial charge in [0.1, 0.15) is 0 Å². The molecule has 1 N–H and O–H groups in total. The second-order valence-electron chi connectivity index (χ2n) is 3.89. The normalized spacial score (nSPS) is 29.1. The fourth-order valence-electron chi connectivity index (χ4n) is 2.18. The average Bonchev–Trinajstić information content (AvgIpc) is 2.52. The Balaban J connectivity index is 2.19. The lowest BCUT2D eigenvalue weighted by Gasteiger charge is -2.27. The zero-order chi connectivity index (χ0) is 9.26. The molecule has 0 aliphatic heterocycles. The Morgan fingerprint density at radius 3 is 2.85 bits per heavy atom. The van der Waals surface area contributed by atoms with Gasteiger partial charge in [0.2, 0.25) is 0 Å². The number of imidazole rings is 1. The van der Waals surface area contributed by atoms with Crippen molar-refractivity contribution in [3.05, 3.63) is 18.2 Å². The minimum absolute atomic E-state index is 0.163. The van der Waals surface area contributed by atoms with Crippen LogP contribution in [0.15, 0.2) is 12.5 Å². The highest BCUT2D eigenvalue weighted by atomic mass is 16.3. The van der Waals surface area contributed by atoms with Crippen LogP contribution in [0.1, 0.15) is 37.3 Å². The molecule has 0 aromatic carbocycles. The Hall–Kier alpha value is -0.830. The van der Waals surface area contributed by atoms with E-state index in [4.69, 9.17) is 0 Å². The van der Waals surface area contributed by atoms with Crippen molar-refractivity contribution in [2.75, 3.05) is 0 Å². The van der Waals surface area contributed by atoms with Crippen LogP contribution >= 0.6 is 0 Å². The van der Waals surface area contributed by atoms with Crippen molar-refractivity contribution < 1.29 is 5.11 Å². The van der Waals surface area contributed by atoms with E-state index >= 15 is 0 Å². The van der Waals surface area contributed by atoms with Crippen LogP contribution in [0.3, 0.4) is 0 Å². The molecular formula is C10H16N2O.